The van der Waals surface area contributed by atoms with Crippen LogP contribution in [-0.2, 0) is 21.2 Å². The zero-order valence-corrected chi connectivity index (χ0v) is 23.8. The Balaban J connectivity index is 1.42. The van der Waals surface area contributed by atoms with Gasteiger partial charge >= 0.3 is 0 Å². The first-order chi connectivity index (χ1) is 19.5. The number of carbonyl (C=O) groups excluding carboxylic acids is 1. The molecule has 40 heavy (non-hydrogen) atoms. The van der Waals surface area contributed by atoms with E-state index in [0.717, 1.165) is 55.5 Å². The maximum Gasteiger partial charge on any atom is 0.269 e. The Bertz CT molecular complexity index is 1680. The quantitative estimate of drug-likeness (QED) is 0.335. The van der Waals surface area contributed by atoms with Gasteiger partial charge in [-0.15, -0.1) is 0 Å². The summed E-state index contributed by atoms with van der Waals surface area (Å²) in [5, 5.41) is 13.1. The Morgan fingerprint density at radius 3 is 2.55 bits per heavy atom. The largest absolute Gasteiger partial charge is 0.353 e. The van der Waals surface area contributed by atoms with Crippen LogP contribution in [0, 0.1) is 17.2 Å². The van der Waals surface area contributed by atoms with E-state index in [1.54, 1.807) is 48.8 Å². The van der Waals surface area contributed by atoms with Gasteiger partial charge in [0.1, 0.15) is 11.3 Å². The summed E-state index contributed by atoms with van der Waals surface area (Å²) in [7, 11) is -3.84. The van der Waals surface area contributed by atoms with Crippen LogP contribution in [0.25, 0.3) is 22.1 Å². The minimum Gasteiger partial charge on any atom is -0.353 e. The SMILES string of the molecule is N#CCC1CCC(n2c(CC(=O)NC3CCSCC3)nc3cnc4c(ccn4S(=O)(=O)c4ccccc4)c32)CC1. The molecule has 9 nitrogen and oxygen atoms in total. The maximum atomic E-state index is 13.5. The highest BCUT2D eigenvalue weighted by Crippen LogP contribution is 2.38. The van der Waals surface area contributed by atoms with E-state index in [4.69, 9.17) is 4.98 Å². The molecular weight excluding hydrogens is 544 g/mol. The molecular formula is C29H32N6O3S2. The van der Waals surface area contributed by atoms with Gasteiger partial charge in [-0.25, -0.2) is 22.4 Å². The van der Waals surface area contributed by atoms with Crippen LogP contribution in [0.2, 0.25) is 0 Å². The van der Waals surface area contributed by atoms with Gasteiger partial charge in [-0.05, 0) is 74.1 Å². The van der Waals surface area contributed by atoms with Crippen molar-refractivity contribution in [3.05, 3.63) is 54.6 Å². The Morgan fingerprint density at radius 2 is 1.82 bits per heavy atom. The Morgan fingerprint density at radius 1 is 1.07 bits per heavy atom. The number of amides is 1. The average molecular weight is 577 g/mol. The van der Waals surface area contributed by atoms with Crippen molar-refractivity contribution in [1.82, 2.24) is 23.8 Å². The lowest BCUT2D eigenvalue weighted by molar-refractivity contribution is -0.121. The second kappa shape index (κ2) is 11.3. The lowest BCUT2D eigenvalue weighted by atomic mass is 9.84. The number of thioether (sulfide) groups is 1. The highest BCUT2D eigenvalue weighted by atomic mass is 32.2. The van der Waals surface area contributed by atoms with Crippen LogP contribution in [0.4, 0.5) is 0 Å². The fourth-order valence-electron chi connectivity index (χ4n) is 6.11. The van der Waals surface area contributed by atoms with E-state index in [2.05, 4.69) is 20.9 Å². The molecule has 1 N–H and O–H groups in total. The number of benzene rings is 1. The van der Waals surface area contributed by atoms with Gasteiger partial charge in [-0.2, -0.15) is 17.0 Å². The van der Waals surface area contributed by atoms with Crippen molar-refractivity contribution >= 4 is 49.8 Å². The first-order valence-electron chi connectivity index (χ1n) is 13.9. The number of hydrogen-bond donors (Lipinski definition) is 1. The third-order valence-electron chi connectivity index (χ3n) is 8.17. The summed E-state index contributed by atoms with van der Waals surface area (Å²) >= 11 is 1.92. The lowest BCUT2D eigenvalue weighted by Crippen LogP contribution is -2.38. The number of nitriles is 1. The number of carbonyl (C=O) groups is 1. The number of nitrogens with zero attached hydrogens (tertiary/aromatic N) is 5. The molecule has 3 aromatic heterocycles. The van der Waals surface area contributed by atoms with Gasteiger partial charge in [0.15, 0.2) is 5.65 Å². The van der Waals surface area contributed by atoms with Crippen LogP contribution in [0.3, 0.4) is 0 Å². The van der Waals surface area contributed by atoms with Gasteiger partial charge in [0.05, 0.1) is 29.1 Å². The third kappa shape index (κ3) is 5.10. The van der Waals surface area contributed by atoms with Gasteiger partial charge < -0.3 is 9.88 Å². The smallest absolute Gasteiger partial charge is 0.269 e. The van der Waals surface area contributed by atoms with Crippen LogP contribution < -0.4 is 5.32 Å². The number of imidazole rings is 1. The molecule has 1 saturated heterocycles. The van der Waals surface area contributed by atoms with Crippen LogP contribution in [0.1, 0.15) is 56.8 Å². The van der Waals surface area contributed by atoms with Gasteiger partial charge in [-0.1, -0.05) is 18.2 Å². The van der Waals surface area contributed by atoms with E-state index >= 15 is 0 Å². The summed E-state index contributed by atoms with van der Waals surface area (Å²) in [6.07, 6.45) is 9.44. The molecule has 1 saturated carbocycles. The second-order valence-electron chi connectivity index (χ2n) is 10.7. The van der Waals surface area contributed by atoms with E-state index in [9.17, 15) is 18.5 Å². The van der Waals surface area contributed by atoms with Crippen molar-refractivity contribution in [3.63, 3.8) is 0 Å². The van der Waals surface area contributed by atoms with Crippen molar-refractivity contribution in [1.29, 1.82) is 5.26 Å². The normalized spacial score (nSPS) is 20.5. The van der Waals surface area contributed by atoms with Crippen LogP contribution in [-0.4, -0.2) is 50.4 Å². The number of hydrogen-bond acceptors (Lipinski definition) is 7. The van der Waals surface area contributed by atoms with Crippen molar-refractivity contribution in [2.45, 2.75) is 68.3 Å². The van der Waals surface area contributed by atoms with E-state index in [0.29, 0.717) is 34.7 Å². The van der Waals surface area contributed by atoms with E-state index in [1.807, 2.05) is 11.8 Å². The van der Waals surface area contributed by atoms with Crippen LogP contribution >= 0.6 is 11.8 Å². The molecule has 6 rings (SSSR count). The summed E-state index contributed by atoms with van der Waals surface area (Å²) in [6, 6.07) is 12.7. The maximum absolute atomic E-state index is 13.5. The molecule has 1 aromatic carbocycles. The molecule has 2 aliphatic rings. The van der Waals surface area contributed by atoms with Crippen molar-refractivity contribution < 1.29 is 13.2 Å². The Labute approximate surface area is 238 Å². The number of nitrogens with one attached hydrogen (secondary N) is 1. The predicted molar refractivity (Wildman–Crippen MR) is 155 cm³/mol. The standard InChI is InChI=1S/C29H32N6O3S2/c30-14-10-20-6-8-22(9-7-20)35-26(18-27(36)32-21-12-16-39-17-13-21)33-25-19-31-29-24(28(25)35)11-15-34(29)40(37,38)23-4-2-1-3-5-23/h1-5,11,15,19-22H,6-10,12-13,16-18H2,(H,32,36). The molecule has 0 atom stereocenters. The minimum absolute atomic E-state index is 0.0416. The topological polar surface area (TPSA) is 123 Å². The molecule has 0 radical (unpaired) electrons. The van der Waals surface area contributed by atoms with Gasteiger partial charge in [-0.3, -0.25) is 4.79 Å². The number of aromatic nitrogens is 4. The van der Waals surface area contributed by atoms with Crippen molar-refractivity contribution in [2.75, 3.05) is 11.5 Å². The second-order valence-corrected chi connectivity index (χ2v) is 13.8. The number of fused-ring (bicyclic) bond motifs is 3. The number of rotatable bonds is 7. The van der Waals surface area contributed by atoms with E-state index < -0.39 is 10.0 Å². The highest BCUT2D eigenvalue weighted by Gasteiger charge is 2.29. The molecule has 4 aromatic rings. The fraction of sp³-hybridized carbons (Fsp3) is 0.448. The molecule has 208 valence electrons. The molecule has 1 aliphatic heterocycles. The van der Waals surface area contributed by atoms with E-state index in [-0.39, 0.29) is 29.3 Å². The lowest BCUT2D eigenvalue weighted by Gasteiger charge is -2.30. The van der Waals surface area contributed by atoms with Crippen LogP contribution in [0.15, 0.2) is 53.7 Å². The molecule has 0 spiro atoms. The summed E-state index contributed by atoms with van der Waals surface area (Å²) in [5.74, 6) is 3.13. The van der Waals surface area contributed by atoms with Gasteiger partial charge in [0.25, 0.3) is 10.0 Å². The molecule has 0 unspecified atom stereocenters. The van der Waals surface area contributed by atoms with Crippen molar-refractivity contribution in [3.8, 4) is 6.07 Å². The highest BCUT2D eigenvalue weighted by molar-refractivity contribution is 7.99. The molecule has 11 heteroatoms. The van der Waals surface area contributed by atoms with Gasteiger partial charge in [0.2, 0.25) is 5.91 Å². The molecule has 1 aliphatic carbocycles. The summed E-state index contributed by atoms with van der Waals surface area (Å²) in [5.41, 5.74) is 1.80. The zero-order chi connectivity index (χ0) is 27.7. The summed E-state index contributed by atoms with van der Waals surface area (Å²) in [6.45, 7) is 0. The number of pyridine rings is 1. The minimum atomic E-state index is -3.84. The fourth-order valence-corrected chi connectivity index (χ4v) is 8.54. The van der Waals surface area contributed by atoms with Crippen LogP contribution in [0.5, 0.6) is 0 Å². The zero-order valence-electron chi connectivity index (χ0n) is 22.2. The van der Waals surface area contributed by atoms with Crippen molar-refractivity contribution in [2.24, 2.45) is 5.92 Å². The molecule has 4 heterocycles. The Hall–Kier alpha value is -3.36. The molecule has 2 fully saturated rings. The van der Waals surface area contributed by atoms with Gasteiger partial charge in [0, 0.05) is 30.1 Å². The first kappa shape index (κ1) is 26.8. The Kier molecular flexibility index (Phi) is 7.55. The summed E-state index contributed by atoms with van der Waals surface area (Å²) < 4.78 is 30.4. The molecule has 1 amide bonds. The van der Waals surface area contributed by atoms with E-state index in [1.165, 1.54) is 3.97 Å². The third-order valence-corrected chi connectivity index (χ3v) is 10.9. The monoisotopic (exact) mass is 576 g/mol. The first-order valence-corrected chi connectivity index (χ1v) is 16.5. The average Bonchev–Trinajstić information content (AvgIpc) is 3.56. The predicted octanol–water partition coefficient (Wildman–Crippen LogP) is 4.82. The molecule has 0 bridgehead atoms. The summed E-state index contributed by atoms with van der Waals surface area (Å²) in [4.78, 5) is 22.8.